The van der Waals surface area contributed by atoms with Crippen LogP contribution >= 0.6 is 0 Å². The van der Waals surface area contributed by atoms with Crippen LogP contribution in [0.3, 0.4) is 0 Å². The zero-order chi connectivity index (χ0) is 12.4. The van der Waals surface area contributed by atoms with Crippen molar-refractivity contribution in [3.63, 3.8) is 0 Å². The van der Waals surface area contributed by atoms with Gasteiger partial charge in [-0.1, -0.05) is 19.8 Å². The van der Waals surface area contributed by atoms with Gasteiger partial charge in [-0.25, -0.2) is 0 Å². The Hall–Kier alpha value is -0.870. The van der Waals surface area contributed by atoms with E-state index in [1.54, 1.807) is 0 Å². The number of hydrazine groups is 1. The molecule has 1 aromatic heterocycles. The van der Waals surface area contributed by atoms with Crippen LogP contribution in [0.4, 0.5) is 0 Å². The average Bonchev–Trinajstić information content (AvgIpc) is 2.62. The summed E-state index contributed by atoms with van der Waals surface area (Å²) in [6, 6.07) is 0.260. The van der Waals surface area contributed by atoms with E-state index in [1.165, 1.54) is 31.2 Å². The first-order valence-electron chi connectivity index (χ1n) is 6.58. The maximum absolute atomic E-state index is 5.76. The lowest BCUT2D eigenvalue weighted by Crippen LogP contribution is -2.35. The van der Waals surface area contributed by atoms with Crippen LogP contribution in [-0.2, 0) is 7.05 Å². The zero-order valence-corrected chi connectivity index (χ0v) is 11.1. The molecule has 1 aliphatic rings. The Morgan fingerprint density at radius 1 is 1.41 bits per heavy atom. The van der Waals surface area contributed by atoms with E-state index in [4.69, 9.17) is 5.84 Å². The lowest BCUT2D eigenvalue weighted by molar-refractivity contribution is 0.232. The van der Waals surface area contributed by atoms with E-state index in [-0.39, 0.29) is 6.04 Å². The smallest absolute Gasteiger partial charge is 0.0642 e. The highest BCUT2D eigenvalue weighted by molar-refractivity contribution is 5.21. The highest BCUT2D eigenvalue weighted by atomic mass is 15.3. The van der Waals surface area contributed by atoms with Gasteiger partial charge in [-0.15, -0.1) is 0 Å². The molecule has 1 atom stereocenters. The van der Waals surface area contributed by atoms with E-state index < -0.39 is 0 Å². The van der Waals surface area contributed by atoms with Crippen molar-refractivity contribution < 1.29 is 0 Å². The number of nitrogens with two attached hydrogens (primary N) is 1. The molecule has 1 heterocycles. The monoisotopic (exact) mass is 236 g/mol. The van der Waals surface area contributed by atoms with Crippen LogP contribution in [0.5, 0.6) is 0 Å². The third-order valence-electron chi connectivity index (χ3n) is 4.10. The molecule has 1 aromatic rings. The van der Waals surface area contributed by atoms with Gasteiger partial charge in [-0.3, -0.25) is 16.0 Å². The minimum absolute atomic E-state index is 0.260. The van der Waals surface area contributed by atoms with E-state index in [2.05, 4.69) is 30.6 Å². The summed E-state index contributed by atoms with van der Waals surface area (Å²) < 4.78 is 1.88. The van der Waals surface area contributed by atoms with Crippen LogP contribution in [0.15, 0.2) is 6.20 Å². The number of nitrogens with zero attached hydrogens (tertiary/aromatic N) is 2. The van der Waals surface area contributed by atoms with Gasteiger partial charge in [0.2, 0.25) is 0 Å². The molecular formula is C13H24N4. The summed E-state index contributed by atoms with van der Waals surface area (Å²) in [4.78, 5) is 0. The molecule has 0 spiro atoms. The fraction of sp³-hybridized carbons (Fsp3) is 0.769. The molecule has 1 unspecified atom stereocenters. The molecule has 1 fully saturated rings. The van der Waals surface area contributed by atoms with E-state index >= 15 is 0 Å². The number of rotatable bonds is 3. The van der Waals surface area contributed by atoms with E-state index in [0.717, 1.165) is 11.6 Å². The molecule has 0 saturated heterocycles. The summed E-state index contributed by atoms with van der Waals surface area (Å²) in [6.07, 6.45) is 7.27. The van der Waals surface area contributed by atoms with E-state index in [1.807, 2.05) is 11.7 Å². The maximum atomic E-state index is 5.76. The zero-order valence-electron chi connectivity index (χ0n) is 11.1. The minimum atomic E-state index is 0.260. The van der Waals surface area contributed by atoms with Crippen molar-refractivity contribution in [2.24, 2.45) is 24.7 Å². The fourth-order valence-electron chi connectivity index (χ4n) is 3.02. The number of aryl methyl sites for hydroxylation is 2. The van der Waals surface area contributed by atoms with Crippen LogP contribution in [-0.4, -0.2) is 9.78 Å². The van der Waals surface area contributed by atoms with Crippen molar-refractivity contribution in [1.29, 1.82) is 0 Å². The molecular weight excluding hydrogens is 212 g/mol. The van der Waals surface area contributed by atoms with Crippen LogP contribution in [0, 0.1) is 18.8 Å². The quantitative estimate of drug-likeness (QED) is 0.624. The van der Waals surface area contributed by atoms with Crippen LogP contribution in [0.2, 0.25) is 0 Å². The fourth-order valence-corrected chi connectivity index (χ4v) is 3.02. The molecule has 0 amide bonds. The topological polar surface area (TPSA) is 55.9 Å². The van der Waals surface area contributed by atoms with Crippen molar-refractivity contribution >= 4 is 0 Å². The minimum Gasteiger partial charge on any atom is -0.275 e. The highest BCUT2D eigenvalue weighted by Crippen LogP contribution is 2.36. The number of nitrogens with one attached hydrogen (secondary N) is 1. The molecule has 96 valence electrons. The first-order chi connectivity index (χ1) is 8.11. The van der Waals surface area contributed by atoms with Gasteiger partial charge in [0.05, 0.1) is 11.7 Å². The summed E-state index contributed by atoms with van der Waals surface area (Å²) in [5, 5.41) is 4.41. The molecule has 1 saturated carbocycles. The summed E-state index contributed by atoms with van der Waals surface area (Å²) in [6.45, 7) is 4.40. The SMILES string of the molecule is Cc1nn(C)cc1C(NN)C1CCC(C)CC1. The summed E-state index contributed by atoms with van der Waals surface area (Å²) in [5.74, 6) is 7.29. The second-order valence-corrected chi connectivity index (χ2v) is 5.51. The molecule has 0 aromatic carbocycles. The summed E-state index contributed by atoms with van der Waals surface area (Å²) in [5.41, 5.74) is 5.35. The standard InChI is InChI=1S/C13H24N4/c1-9-4-6-11(7-5-9)13(15-14)12-8-17(3)16-10(12)2/h8-9,11,13,15H,4-7,14H2,1-3H3. The summed E-state index contributed by atoms with van der Waals surface area (Å²) >= 11 is 0. The Balaban J connectivity index is 2.13. The molecule has 3 N–H and O–H groups in total. The van der Waals surface area contributed by atoms with Crippen LogP contribution < -0.4 is 11.3 Å². The molecule has 17 heavy (non-hydrogen) atoms. The number of hydrogen-bond acceptors (Lipinski definition) is 3. The van der Waals surface area contributed by atoms with Gasteiger partial charge in [-0.2, -0.15) is 5.10 Å². The highest BCUT2D eigenvalue weighted by Gasteiger charge is 2.28. The van der Waals surface area contributed by atoms with Gasteiger partial charge in [0, 0.05) is 18.8 Å². The lowest BCUT2D eigenvalue weighted by atomic mass is 9.77. The van der Waals surface area contributed by atoms with Gasteiger partial charge in [0.25, 0.3) is 0 Å². The predicted octanol–water partition coefficient (Wildman–Crippen LogP) is 2.06. The second-order valence-electron chi connectivity index (χ2n) is 5.51. The third-order valence-corrected chi connectivity index (χ3v) is 4.10. The molecule has 4 nitrogen and oxygen atoms in total. The van der Waals surface area contributed by atoms with Gasteiger partial charge >= 0.3 is 0 Å². The van der Waals surface area contributed by atoms with Crippen LogP contribution in [0.1, 0.15) is 49.9 Å². The van der Waals surface area contributed by atoms with Crippen molar-refractivity contribution in [2.45, 2.75) is 45.6 Å². The molecule has 2 rings (SSSR count). The molecule has 0 aliphatic heterocycles. The van der Waals surface area contributed by atoms with Gasteiger partial charge < -0.3 is 0 Å². The third kappa shape index (κ3) is 2.69. The summed E-state index contributed by atoms with van der Waals surface area (Å²) in [7, 11) is 1.97. The van der Waals surface area contributed by atoms with Crippen molar-refractivity contribution in [1.82, 2.24) is 15.2 Å². The molecule has 1 aliphatic carbocycles. The lowest BCUT2D eigenvalue weighted by Gasteiger charge is -2.32. The average molecular weight is 236 g/mol. The Bertz CT molecular complexity index is 363. The van der Waals surface area contributed by atoms with Crippen LogP contribution in [0.25, 0.3) is 0 Å². The Morgan fingerprint density at radius 2 is 2.06 bits per heavy atom. The number of hydrogen-bond donors (Lipinski definition) is 2. The van der Waals surface area contributed by atoms with E-state index in [9.17, 15) is 0 Å². The van der Waals surface area contributed by atoms with Crippen molar-refractivity contribution in [3.8, 4) is 0 Å². The van der Waals surface area contributed by atoms with Gasteiger partial charge in [0.15, 0.2) is 0 Å². The molecule has 0 radical (unpaired) electrons. The normalized spacial score (nSPS) is 27.1. The van der Waals surface area contributed by atoms with Gasteiger partial charge in [-0.05, 0) is 31.6 Å². The van der Waals surface area contributed by atoms with Crippen molar-refractivity contribution in [3.05, 3.63) is 17.5 Å². The maximum Gasteiger partial charge on any atom is 0.0642 e. The van der Waals surface area contributed by atoms with Gasteiger partial charge in [0.1, 0.15) is 0 Å². The molecule has 0 bridgehead atoms. The first-order valence-corrected chi connectivity index (χ1v) is 6.58. The van der Waals surface area contributed by atoms with E-state index in [0.29, 0.717) is 5.92 Å². The van der Waals surface area contributed by atoms with Crippen molar-refractivity contribution in [2.75, 3.05) is 0 Å². The second kappa shape index (κ2) is 5.19. The largest absolute Gasteiger partial charge is 0.275 e. The Labute approximate surface area is 104 Å². The predicted molar refractivity (Wildman–Crippen MR) is 69.1 cm³/mol. The Morgan fingerprint density at radius 3 is 2.53 bits per heavy atom. The molecule has 4 heteroatoms. The Kier molecular flexibility index (Phi) is 3.84. The number of aromatic nitrogens is 2. The first kappa shape index (κ1) is 12.6.